The Morgan fingerprint density at radius 3 is 2.88 bits per heavy atom. The summed E-state index contributed by atoms with van der Waals surface area (Å²) in [6.07, 6.45) is 1.86. The summed E-state index contributed by atoms with van der Waals surface area (Å²) in [6.45, 7) is 0.542. The van der Waals surface area contributed by atoms with E-state index in [1.807, 2.05) is 19.3 Å². The Bertz CT molecular complexity index is 475. The first-order chi connectivity index (χ1) is 7.63. The topological polar surface area (TPSA) is 29.9 Å². The first-order valence-corrected chi connectivity index (χ1v) is 5.20. The SMILES string of the molecule is Cn1ccc(CNc2cc(F)cc(Cl)c2)n1. The highest BCUT2D eigenvalue weighted by Crippen LogP contribution is 2.18. The maximum absolute atomic E-state index is 13.0. The quantitative estimate of drug-likeness (QED) is 0.893. The van der Waals surface area contributed by atoms with E-state index in [0.717, 1.165) is 5.69 Å². The summed E-state index contributed by atoms with van der Waals surface area (Å²) in [5, 5.41) is 7.63. The molecule has 0 aliphatic rings. The van der Waals surface area contributed by atoms with Gasteiger partial charge in [-0.05, 0) is 24.3 Å². The van der Waals surface area contributed by atoms with Gasteiger partial charge in [-0.25, -0.2) is 4.39 Å². The summed E-state index contributed by atoms with van der Waals surface area (Å²) in [5.41, 5.74) is 1.54. The summed E-state index contributed by atoms with van der Waals surface area (Å²) in [5.74, 6) is -0.351. The molecular formula is C11H11ClFN3. The largest absolute Gasteiger partial charge is 0.379 e. The maximum atomic E-state index is 13.0. The van der Waals surface area contributed by atoms with Crippen LogP contribution < -0.4 is 5.32 Å². The highest BCUT2D eigenvalue weighted by atomic mass is 35.5. The van der Waals surface area contributed by atoms with Crippen molar-refractivity contribution in [3.63, 3.8) is 0 Å². The van der Waals surface area contributed by atoms with Crippen LogP contribution in [0.3, 0.4) is 0 Å². The van der Waals surface area contributed by atoms with Crippen LogP contribution >= 0.6 is 11.6 Å². The maximum Gasteiger partial charge on any atom is 0.126 e. The van der Waals surface area contributed by atoms with Gasteiger partial charge < -0.3 is 5.32 Å². The van der Waals surface area contributed by atoms with E-state index in [2.05, 4.69) is 10.4 Å². The van der Waals surface area contributed by atoms with Crippen LogP contribution in [-0.2, 0) is 13.6 Å². The molecule has 0 saturated heterocycles. The molecule has 1 heterocycles. The Morgan fingerprint density at radius 1 is 1.44 bits per heavy atom. The third-order valence-corrected chi connectivity index (χ3v) is 2.32. The van der Waals surface area contributed by atoms with Gasteiger partial charge in [-0.15, -0.1) is 0 Å². The van der Waals surface area contributed by atoms with Gasteiger partial charge >= 0.3 is 0 Å². The molecule has 5 heteroatoms. The standard InChI is InChI=1S/C11H11ClFN3/c1-16-3-2-10(15-16)7-14-11-5-8(12)4-9(13)6-11/h2-6,14H,7H2,1H3. The lowest BCUT2D eigenvalue weighted by atomic mass is 10.3. The van der Waals surface area contributed by atoms with E-state index in [0.29, 0.717) is 17.3 Å². The normalized spacial score (nSPS) is 10.4. The van der Waals surface area contributed by atoms with Gasteiger partial charge in [-0.2, -0.15) is 5.10 Å². The summed E-state index contributed by atoms with van der Waals surface area (Å²) in [6, 6.07) is 6.24. The number of aryl methyl sites for hydroxylation is 1. The zero-order valence-corrected chi connectivity index (χ0v) is 9.50. The highest BCUT2D eigenvalue weighted by molar-refractivity contribution is 6.30. The molecule has 0 radical (unpaired) electrons. The number of hydrogen-bond acceptors (Lipinski definition) is 2. The number of nitrogens with one attached hydrogen (secondary N) is 1. The van der Waals surface area contributed by atoms with Crippen LogP contribution in [-0.4, -0.2) is 9.78 Å². The molecule has 2 aromatic rings. The second kappa shape index (κ2) is 4.53. The van der Waals surface area contributed by atoms with Gasteiger partial charge in [-0.3, -0.25) is 4.68 Å². The van der Waals surface area contributed by atoms with Gasteiger partial charge in [0.05, 0.1) is 12.2 Å². The number of hydrogen-bond donors (Lipinski definition) is 1. The number of benzene rings is 1. The lowest BCUT2D eigenvalue weighted by molar-refractivity contribution is 0.628. The molecule has 1 aromatic heterocycles. The van der Waals surface area contributed by atoms with Crippen molar-refractivity contribution in [2.24, 2.45) is 7.05 Å². The van der Waals surface area contributed by atoms with Gasteiger partial charge in [0, 0.05) is 24.0 Å². The van der Waals surface area contributed by atoms with Crippen molar-refractivity contribution in [1.29, 1.82) is 0 Å². The molecule has 16 heavy (non-hydrogen) atoms. The molecule has 2 rings (SSSR count). The van der Waals surface area contributed by atoms with Crippen molar-refractivity contribution in [3.05, 3.63) is 47.0 Å². The van der Waals surface area contributed by atoms with Crippen LogP contribution in [0, 0.1) is 5.82 Å². The van der Waals surface area contributed by atoms with Crippen molar-refractivity contribution >= 4 is 17.3 Å². The Kier molecular flexibility index (Phi) is 3.10. The number of anilines is 1. The molecule has 1 aromatic carbocycles. The summed E-state index contributed by atoms with van der Waals surface area (Å²) >= 11 is 5.74. The van der Waals surface area contributed by atoms with Crippen molar-refractivity contribution in [1.82, 2.24) is 9.78 Å². The van der Waals surface area contributed by atoms with Crippen molar-refractivity contribution in [2.45, 2.75) is 6.54 Å². The van der Waals surface area contributed by atoms with E-state index in [-0.39, 0.29) is 5.82 Å². The van der Waals surface area contributed by atoms with E-state index in [1.165, 1.54) is 12.1 Å². The van der Waals surface area contributed by atoms with Crippen molar-refractivity contribution < 1.29 is 4.39 Å². The number of halogens is 2. The lowest BCUT2D eigenvalue weighted by Crippen LogP contribution is -2.01. The lowest BCUT2D eigenvalue weighted by Gasteiger charge is -2.05. The van der Waals surface area contributed by atoms with Crippen molar-refractivity contribution in [2.75, 3.05) is 5.32 Å². The zero-order valence-electron chi connectivity index (χ0n) is 8.74. The molecule has 0 aliphatic carbocycles. The van der Waals surface area contributed by atoms with Gasteiger partial charge in [-0.1, -0.05) is 11.6 Å². The Morgan fingerprint density at radius 2 is 2.25 bits per heavy atom. The first-order valence-electron chi connectivity index (χ1n) is 4.82. The Balaban J connectivity index is 2.04. The molecule has 0 saturated carbocycles. The van der Waals surface area contributed by atoms with Crippen LogP contribution in [0.25, 0.3) is 0 Å². The van der Waals surface area contributed by atoms with Gasteiger partial charge in [0.15, 0.2) is 0 Å². The van der Waals surface area contributed by atoms with E-state index in [9.17, 15) is 4.39 Å². The molecule has 0 atom stereocenters. The molecule has 0 aliphatic heterocycles. The summed E-state index contributed by atoms with van der Waals surface area (Å²) in [7, 11) is 1.85. The van der Waals surface area contributed by atoms with Crippen molar-refractivity contribution in [3.8, 4) is 0 Å². The third kappa shape index (κ3) is 2.73. The average Bonchev–Trinajstić information content (AvgIpc) is 2.60. The van der Waals surface area contributed by atoms with Gasteiger partial charge in [0.2, 0.25) is 0 Å². The van der Waals surface area contributed by atoms with E-state index in [1.54, 1.807) is 10.7 Å². The predicted octanol–water partition coefficient (Wildman–Crippen LogP) is 2.82. The smallest absolute Gasteiger partial charge is 0.126 e. The van der Waals surface area contributed by atoms with E-state index in [4.69, 9.17) is 11.6 Å². The van der Waals surface area contributed by atoms with Gasteiger partial charge in [0.1, 0.15) is 5.82 Å². The Labute approximate surface area is 97.8 Å². The highest BCUT2D eigenvalue weighted by Gasteiger charge is 2.00. The van der Waals surface area contributed by atoms with Crippen LogP contribution in [0.2, 0.25) is 5.02 Å². The first kappa shape index (κ1) is 11.0. The minimum absolute atomic E-state index is 0.351. The van der Waals surface area contributed by atoms with Crippen LogP contribution in [0.15, 0.2) is 30.5 Å². The second-order valence-corrected chi connectivity index (χ2v) is 3.93. The molecule has 3 nitrogen and oxygen atoms in total. The number of aromatic nitrogens is 2. The molecule has 0 bridgehead atoms. The van der Waals surface area contributed by atoms with Crippen LogP contribution in [0.1, 0.15) is 5.69 Å². The molecule has 0 unspecified atom stereocenters. The number of rotatable bonds is 3. The predicted molar refractivity (Wildman–Crippen MR) is 61.9 cm³/mol. The van der Waals surface area contributed by atoms with Gasteiger partial charge in [0.25, 0.3) is 0 Å². The van der Waals surface area contributed by atoms with Crippen LogP contribution in [0.5, 0.6) is 0 Å². The fraction of sp³-hybridized carbons (Fsp3) is 0.182. The molecular weight excluding hydrogens is 229 g/mol. The van der Waals surface area contributed by atoms with E-state index >= 15 is 0 Å². The third-order valence-electron chi connectivity index (χ3n) is 2.11. The zero-order chi connectivity index (χ0) is 11.5. The summed E-state index contributed by atoms with van der Waals surface area (Å²) in [4.78, 5) is 0. The Hall–Kier alpha value is -1.55. The van der Waals surface area contributed by atoms with E-state index < -0.39 is 0 Å². The molecule has 0 spiro atoms. The monoisotopic (exact) mass is 239 g/mol. The fourth-order valence-corrected chi connectivity index (χ4v) is 1.63. The molecule has 0 fully saturated rings. The molecule has 1 N–H and O–H groups in total. The average molecular weight is 240 g/mol. The minimum atomic E-state index is -0.351. The molecule has 84 valence electrons. The summed E-state index contributed by atoms with van der Waals surface area (Å²) < 4.78 is 14.7. The number of nitrogens with zero attached hydrogens (tertiary/aromatic N) is 2. The van der Waals surface area contributed by atoms with Crippen LogP contribution in [0.4, 0.5) is 10.1 Å². The molecule has 0 amide bonds. The minimum Gasteiger partial charge on any atom is -0.379 e. The second-order valence-electron chi connectivity index (χ2n) is 3.49. The fourth-order valence-electron chi connectivity index (χ4n) is 1.41.